The maximum absolute atomic E-state index is 12.7. The van der Waals surface area contributed by atoms with Crippen molar-refractivity contribution in [2.45, 2.75) is 205 Å². The minimum absolute atomic E-state index is 0.181. The Labute approximate surface area is 357 Å². The van der Waals surface area contributed by atoms with Crippen LogP contribution in [0, 0.1) is 0 Å². The van der Waals surface area contributed by atoms with Crippen LogP contribution < -0.4 is 0 Å². The number of unbranched alkanes of at least 4 members (excludes halogenated alkanes) is 17. The van der Waals surface area contributed by atoms with Gasteiger partial charge in [-0.05, 0) is 57.8 Å². The summed E-state index contributed by atoms with van der Waals surface area (Å²) in [5.74, 6) is -0.856. The second-order valence-corrected chi connectivity index (χ2v) is 15.5. The van der Waals surface area contributed by atoms with E-state index < -0.39 is 55.4 Å². The SMILES string of the molecule is CC/C=C/C=C/C=C/C=C/CCCCCC(=O)OC(COC(=O)CCCCCCCCCCCCCCCC/C=C/C/C=C/CC)CO[C@H]1O[C@@H](CO)[C@@H](O)C(O)C1O. The van der Waals surface area contributed by atoms with E-state index >= 15 is 0 Å². The summed E-state index contributed by atoms with van der Waals surface area (Å²) in [6.07, 6.45) is 42.1. The van der Waals surface area contributed by atoms with Gasteiger partial charge in [-0.1, -0.05) is 170 Å². The van der Waals surface area contributed by atoms with Crippen LogP contribution >= 0.6 is 0 Å². The van der Waals surface area contributed by atoms with Crippen LogP contribution in [0.4, 0.5) is 0 Å². The third-order valence-corrected chi connectivity index (χ3v) is 10.2. The normalized spacial score (nSPS) is 20.7. The van der Waals surface area contributed by atoms with E-state index in [1.165, 1.54) is 70.6 Å². The Morgan fingerprint density at radius 1 is 0.542 bits per heavy atom. The molecule has 6 atom stereocenters. The molecule has 1 rings (SSSR count). The lowest BCUT2D eigenvalue weighted by molar-refractivity contribution is -0.305. The molecule has 338 valence electrons. The number of carbonyl (C=O) groups excluding carboxylic acids is 2. The number of rotatable bonds is 37. The molecule has 10 nitrogen and oxygen atoms in total. The summed E-state index contributed by atoms with van der Waals surface area (Å²) in [6, 6.07) is 0. The Morgan fingerprint density at radius 2 is 1.03 bits per heavy atom. The van der Waals surface area contributed by atoms with Crippen LogP contribution in [-0.2, 0) is 28.5 Å². The van der Waals surface area contributed by atoms with Gasteiger partial charge in [-0.2, -0.15) is 0 Å². The molecule has 3 unspecified atom stereocenters. The summed E-state index contributed by atoms with van der Waals surface area (Å²) < 4.78 is 22.1. The summed E-state index contributed by atoms with van der Waals surface area (Å²) in [5, 5.41) is 40.1. The number of aliphatic hydroxyl groups is 4. The zero-order valence-corrected chi connectivity index (χ0v) is 36.7. The molecule has 1 aliphatic rings. The van der Waals surface area contributed by atoms with Gasteiger partial charge in [-0.15, -0.1) is 0 Å². The van der Waals surface area contributed by atoms with E-state index in [0.717, 1.165) is 64.2 Å². The van der Waals surface area contributed by atoms with Crippen molar-refractivity contribution in [2.24, 2.45) is 0 Å². The Kier molecular flexibility index (Phi) is 36.1. The van der Waals surface area contributed by atoms with Gasteiger partial charge in [0.2, 0.25) is 0 Å². The van der Waals surface area contributed by atoms with Crippen molar-refractivity contribution >= 4 is 11.9 Å². The smallest absolute Gasteiger partial charge is 0.306 e. The maximum atomic E-state index is 12.7. The summed E-state index contributed by atoms with van der Waals surface area (Å²) in [5.41, 5.74) is 0. The number of allylic oxidation sites excluding steroid dienone is 12. The highest BCUT2D eigenvalue weighted by atomic mass is 16.7. The minimum atomic E-state index is -1.61. The van der Waals surface area contributed by atoms with E-state index in [9.17, 15) is 30.0 Å². The average molecular weight is 831 g/mol. The Morgan fingerprint density at radius 3 is 1.63 bits per heavy atom. The van der Waals surface area contributed by atoms with E-state index in [1.807, 2.05) is 36.5 Å². The van der Waals surface area contributed by atoms with Gasteiger partial charge in [0.05, 0.1) is 13.2 Å². The number of ether oxygens (including phenoxy) is 4. The first-order valence-corrected chi connectivity index (χ1v) is 23.1. The molecule has 0 bridgehead atoms. The highest BCUT2D eigenvalue weighted by Gasteiger charge is 2.44. The second kappa shape index (κ2) is 39.3. The largest absolute Gasteiger partial charge is 0.462 e. The van der Waals surface area contributed by atoms with Crippen molar-refractivity contribution < 1.29 is 49.0 Å². The van der Waals surface area contributed by atoms with Crippen LogP contribution in [0.25, 0.3) is 0 Å². The zero-order chi connectivity index (χ0) is 43.0. The van der Waals surface area contributed by atoms with Crippen LogP contribution in [0.15, 0.2) is 72.9 Å². The van der Waals surface area contributed by atoms with Gasteiger partial charge in [-0.25, -0.2) is 0 Å². The Bertz CT molecular complexity index is 1190. The van der Waals surface area contributed by atoms with Crippen molar-refractivity contribution in [1.82, 2.24) is 0 Å². The molecule has 0 aliphatic carbocycles. The fourth-order valence-electron chi connectivity index (χ4n) is 6.59. The van der Waals surface area contributed by atoms with Gasteiger partial charge >= 0.3 is 11.9 Å². The van der Waals surface area contributed by atoms with Gasteiger partial charge in [0.25, 0.3) is 0 Å². The van der Waals surface area contributed by atoms with Crippen LogP contribution in [0.1, 0.15) is 168 Å². The summed E-state index contributed by atoms with van der Waals surface area (Å²) in [7, 11) is 0. The van der Waals surface area contributed by atoms with Crippen molar-refractivity contribution in [2.75, 3.05) is 19.8 Å². The number of esters is 2. The van der Waals surface area contributed by atoms with E-state index in [4.69, 9.17) is 18.9 Å². The van der Waals surface area contributed by atoms with E-state index in [-0.39, 0.29) is 26.1 Å². The lowest BCUT2D eigenvalue weighted by Crippen LogP contribution is -2.59. The van der Waals surface area contributed by atoms with Gasteiger partial charge in [0.15, 0.2) is 12.4 Å². The van der Waals surface area contributed by atoms with Crippen molar-refractivity contribution in [3.05, 3.63) is 72.9 Å². The molecule has 1 heterocycles. The first-order valence-electron chi connectivity index (χ1n) is 23.1. The van der Waals surface area contributed by atoms with Crippen molar-refractivity contribution in [3.8, 4) is 0 Å². The summed E-state index contributed by atoms with van der Waals surface area (Å²) in [4.78, 5) is 25.3. The van der Waals surface area contributed by atoms with Gasteiger partial charge in [0.1, 0.15) is 31.0 Å². The Balaban J connectivity index is 2.29. The molecule has 1 saturated heterocycles. The second-order valence-electron chi connectivity index (χ2n) is 15.5. The van der Waals surface area contributed by atoms with Crippen LogP contribution in [0.3, 0.4) is 0 Å². The predicted molar refractivity (Wildman–Crippen MR) is 238 cm³/mol. The average Bonchev–Trinajstić information content (AvgIpc) is 3.23. The monoisotopic (exact) mass is 831 g/mol. The van der Waals surface area contributed by atoms with E-state index in [2.05, 4.69) is 50.3 Å². The van der Waals surface area contributed by atoms with Crippen LogP contribution in [-0.4, -0.2) is 89.0 Å². The molecular formula is C49H82O10. The molecule has 1 fully saturated rings. The first kappa shape index (κ1) is 54.2. The lowest BCUT2D eigenvalue weighted by Gasteiger charge is -2.39. The van der Waals surface area contributed by atoms with Gasteiger partial charge in [0, 0.05) is 12.8 Å². The first-order chi connectivity index (χ1) is 28.8. The Hall–Kier alpha value is -2.86. The van der Waals surface area contributed by atoms with E-state index in [0.29, 0.717) is 6.42 Å². The van der Waals surface area contributed by atoms with E-state index in [1.54, 1.807) is 0 Å². The molecule has 0 aromatic heterocycles. The highest BCUT2D eigenvalue weighted by Crippen LogP contribution is 2.22. The molecule has 1 aliphatic heterocycles. The topological polar surface area (TPSA) is 152 Å². The molecule has 4 N–H and O–H groups in total. The number of hydrogen-bond donors (Lipinski definition) is 4. The molecule has 0 radical (unpaired) electrons. The van der Waals surface area contributed by atoms with Gasteiger partial charge < -0.3 is 39.4 Å². The standard InChI is InChI=1S/C49H82O10/c1-3-5-7-9-11-13-15-17-18-19-20-21-22-23-24-26-27-29-31-33-35-37-44(51)56-40-42(41-57-49-48(55)47(54)46(53)43(39-50)59-49)58-45(52)38-36-34-32-30-28-25-16-14-12-10-8-6-4-2/h5-8,10-14,16,25,28,42-43,46-50,53-55H,3-4,9,15,17-24,26-27,29-41H2,1-2H3/b7-5+,8-6+,12-10+,13-11+,16-14+,28-25+/t42?,43-,46+,47?,48?,49-/m0/s1. The molecule has 59 heavy (non-hydrogen) atoms. The molecule has 0 amide bonds. The number of aliphatic hydroxyl groups excluding tert-OH is 4. The predicted octanol–water partition coefficient (Wildman–Crippen LogP) is 10.00. The molecule has 0 aromatic rings. The molecule has 0 spiro atoms. The lowest BCUT2D eigenvalue weighted by atomic mass is 9.99. The molecular weight excluding hydrogens is 749 g/mol. The highest BCUT2D eigenvalue weighted by molar-refractivity contribution is 5.70. The third kappa shape index (κ3) is 30.8. The van der Waals surface area contributed by atoms with Gasteiger partial charge in [-0.3, -0.25) is 9.59 Å². The number of carbonyl (C=O) groups is 2. The fourth-order valence-corrected chi connectivity index (χ4v) is 6.59. The summed E-state index contributed by atoms with van der Waals surface area (Å²) >= 11 is 0. The van der Waals surface area contributed by atoms with Crippen molar-refractivity contribution in [1.29, 1.82) is 0 Å². The third-order valence-electron chi connectivity index (χ3n) is 10.2. The van der Waals surface area contributed by atoms with Crippen LogP contribution in [0.2, 0.25) is 0 Å². The summed E-state index contributed by atoms with van der Waals surface area (Å²) in [6.45, 7) is 3.13. The quantitative estimate of drug-likeness (QED) is 0.0206. The molecule has 10 heteroatoms. The molecule has 0 aromatic carbocycles. The minimum Gasteiger partial charge on any atom is -0.462 e. The fraction of sp³-hybridized carbons (Fsp3) is 0.714. The number of hydrogen-bond acceptors (Lipinski definition) is 10. The zero-order valence-electron chi connectivity index (χ0n) is 36.7. The maximum Gasteiger partial charge on any atom is 0.306 e. The van der Waals surface area contributed by atoms with Crippen molar-refractivity contribution in [3.63, 3.8) is 0 Å². The van der Waals surface area contributed by atoms with Crippen LogP contribution in [0.5, 0.6) is 0 Å². The molecule has 0 saturated carbocycles.